The van der Waals surface area contributed by atoms with Crippen molar-refractivity contribution in [3.63, 3.8) is 0 Å². The van der Waals surface area contributed by atoms with Gasteiger partial charge in [-0.25, -0.2) is 4.79 Å². The third kappa shape index (κ3) is 9.71. The van der Waals surface area contributed by atoms with Crippen LogP contribution in [-0.2, 0) is 28.7 Å². The summed E-state index contributed by atoms with van der Waals surface area (Å²) in [5.41, 5.74) is 4.18. The molecule has 0 aromatic rings. The summed E-state index contributed by atoms with van der Waals surface area (Å²) in [4.78, 5) is 51.1. The number of carbonyl (C=O) groups is 4. The minimum absolute atomic E-state index is 0.0758. The van der Waals surface area contributed by atoms with Crippen molar-refractivity contribution >= 4 is 23.7 Å². The van der Waals surface area contributed by atoms with E-state index in [0.717, 1.165) is 4.90 Å². The summed E-state index contributed by atoms with van der Waals surface area (Å²) in [7, 11) is 2.83. The van der Waals surface area contributed by atoms with Crippen LogP contribution in [0.1, 0.15) is 47.0 Å². The summed E-state index contributed by atoms with van der Waals surface area (Å²) in [5.74, 6) is -2.24. The van der Waals surface area contributed by atoms with E-state index < -0.39 is 35.5 Å². The Labute approximate surface area is 172 Å². The van der Waals surface area contributed by atoms with Crippen LogP contribution in [0.4, 0.5) is 0 Å². The second kappa shape index (κ2) is 12.4. The molecule has 0 unspecified atom stereocenters. The summed E-state index contributed by atoms with van der Waals surface area (Å²) in [6.45, 7) is 6.04. The molecule has 0 saturated carbocycles. The monoisotopic (exact) mass is 417 g/mol. The summed E-state index contributed by atoms with van der Waals surface area (Å²) in [5, 5.41) is 10.0. The van der Waals surface area contributed by atoms with Crippen molar-refractivity contribution in [1.29, 1.82) is 0 Å². The molecule has 0 saturated heterocycles. The molecule has 0 bridgehead atoms. The largest absolute Gasteiger partial charge is 0.464 e. The molecule has 0 aromatic carbocycles. The van der Waals surface area contributed by atoms with Gasteiger partial charge >= 0.3 is 5.97 Å². The first-order valence-corrected chi connectivity index (χ1v) is 9.63. The summed E-state index contributed by atoms with van der Waals surface area (Å²) in [6, 6.07) is -2.15. The fraction of sp³-hybridized carbons (Fsp3) is 0.789. The van der Waals surface area contributed by atoms with Crippen molar-refractivity contribution in [1.82, 2.24) is 9.80 Å². The van der Waals surface area contributed by atoms with E-state index in [-0.39, 0.29) is 38.6 Å². The predicted molar refractivity (Wildman–Crippen MR) is 106 cm³/mol. The van der Waals surface area contributed by atoms with Gasteiger partial charge in [0.05, 0.1) is 18.8 Å². The van der Waals surface area contributed by atoms with Crippen molar-refractivity contribution in [2.75, 3.05) is 33.9 Å². The minimum Gasteiger partial charge on any atom is -0.464 e. The zero-order valence-corrected chi connectivity index (χ0v) is 18.3. The van der Waals surface area contributed by atoms with Gasteiger partial charge in [-0.2, -0.15) is 0 Å². The lowest BCUT2D eigenvalue weighted by Gasteiger charge is -2.35. The van der Waals surface area contributed by atoms with Gasteiger partial charge in [0, 0.05) is 26.9 Å². The minimum atomic E-state index is -1.24. The van der Waals surface area contributed by atoms with Gasteiger partial charge in [-0.3, -0.25) is 14.4 Å². The van der Waals surface area contributed by atoms with Crippen LogP contribution in [0.3, 0.4) is 0 Å². The van der Waals surface area contributed by atoms with Crippen molar-refractivity contribution in [2.45, 2.75) is 64.6 Å². The van der Waals surface area contributed by atoms with Gasteiger partial charge in [-0.05, 0) is 27.2 Å². The number of aliphatic hydroxyl groups is 1. The summed E-state index contributed by atoms with van der Waals surface area (Å²) in [6.07, 6.45) is 0.741. The number of ether oxygens (including phenoxy) is 2. The first-order valence-electron chi connectivity index (χ1n) is 9.63. The maximum atomic E-state index is 13.1. The fourth-order valence-electron chi connectivity index (χ4n) is 2.66. The molecule has 0 spiro atoms. The zero-order valence-electron chi connectivity index (χ0n) is 18.3. The zero-order chi connectivity index (χ0) is 22.8. The van der Waals surface area contributed by atoms with Crippen molar-refractivity contribution < 1.29 is 33.8 Å². The van der Waals surface area contributed by atoms with Crippen LogP contribution in [-0.4, -0.2) is 90.2 Å². The number of esters is 1. The lowest BCUT2D eigenvalue weighted by atomic mass is 9.97. The third-order valence-corrected chi connectivity index (χ3v) is 4.25. The highest BCUT2D eigenvalue weighted by Gasteiger charge is 2.36. The third-order valence-electron chi connectivity index (χ3n) is 4.25. The van der Waals surface area contributed by atoms with Gasteiger partial charge < -0.3 is 30.1 Å². The molecule has 0 rings (SSSR count). The number of hydrogen-bond acceptors (Lipinski definition) is 7. The summed E-state index contributed by atoms with van der Waals surface area (Å²) < 4.78 is 10.1. The Kier molecular flexibility index (Phi) is 11.4. The number of hydrogen-bond donors (Lipinski definition) is 2. The fourth-order valence-corrected chi connectivity index (χ4v) is 2.66. The SMILES string of the molecule is CCCC(=O)N(C)[C@H](COCC(=O)OCC)C(=O)N(C)[C@@H](CC(C)(C)O)C(N)=O. The lowest BCUT2D eigenvalue weighted by molar-refractivity contribution is -0.154. The molecule has 29 heavy (non-hydrogen) atoms. The van der Waals surface area contributed by atoms with E-state index in [1.807, 2.05) is 6.92 Å². The molecule has 168 valence electrons. The Morgan fingerprint density at radius 3 is 2.10 bits per heavy atom. The molecule has 3 amide bonds. The topological polar surface area (TPSA) is 139 Å². The number of likely N-dealkylation sites (N-methyl/N-ethyl adjacent to an activating group) is 2. The quantitative estimate of drug-likeness (QED) is 0.391. The van der Waals surface area contributed by atoms with Crippen molar-refractivity contribution in [3.8, 4) is 0 Å². The highest BCUT2D eigenvalue weighted by molar-refractivity contribution is 5.91. The molecule has 0 aromatic heterocycles. The van der Waals surface area contributed by atoms with Gasteiger partial charge in [0.15, 0.2) is 0 Å². The predicted octanol–water partition coefficient (Wildman–Crippen LogP) is -0.333. The first-order chi connectivity index (χ1) is 13.4. The Morgan fingerprint density at radius 1 is 1.07 bits per heavy atom. The van der Waals surface area contributed by atoms with E-state index in [0.29, 0.717) is 6.42 Å². The maximum absolute atomic E-state index is 13.1. The first kappa shape index (κ1) is 26.8. The van der Waals surface area contributed by atoms with E-state index in [4.69, 9.17) is 15.2 Å². The van der Waals surface area contributed by atoms with Gasteiger partial charge in [0.2, 0.25) is 17.7 Å². The number of primary amides is 1. The van der Waals surface area contributed by atoms with Crippen LogP contribution in [0.5, 0.6) is 0 Å². The molecule has 0 heterocycles. The van der Waals surface area contributed by atoms with Gasteiger partial charge in [0.1, 0.15) is 18.7 Å². The van der Waals surface area contributed by atoms with Crippen LogP contribution in [0.25, 0.3) is 0 Å². The molecule has 0 radical (unpaired) electrons. The van der Waals surface area contributed by atoms with Crippen LogP contribution in [0.15, 0.2) is 0 Å². The second-order valence-electron chi connectivity index (χ2n) is 7.47. The molecule has 2 atom stereocenters. The normalized spacial score (nSPS) is 13.3. The molecule has 10 heteroatoms. The van der Waals surface area contributed by atoms with E-state index in [1.165, 1.54) is 32.8 Å². The molecule has 10 nitrogen and oxygen atoms in total. The van der Waals surface area contributed by atoms with E-state index in [1.54, 1.807) is 6.92 Å². The van der Waals surface area contributed by atoms with Crippen LogP contribution in [0, 0.1) is 0 Å². The Bertz CT molecular complexity index is 575. The lowest BCUT2D eigenvalue weighted by Crippen LogP contribution is -2.56. The number of carbonyl (C=O) groups excluding carboxylic acids is 4. The molecule has 3 N–H and O–H groups in total. The van der Waals surface area contributed by atoms with Crippen molar-refractivity contribution in [3.05, 3.63) is 0 Å². The molecule has 0 aliphatic carbocycles. The van der Waals surface area contributed by atoms with Crippen LogP contribution in [0.2, 0.25) is 0 Å². The molecular formula is C19H35N3O7. The Morgan fingerprint density at radius 2 is 1.66 bits per heavy atom. The molecule has 0 aliphatic rings. The van der Waals surface area contributed by atoms with Crippen LogP contribution < -0.4 is 5.73 Å². The van der Waals surface area contributed by atoms with Crippen molar-refractivity contribution in [2.24, 2.45) is 5.73 Å². The van der Waals surface area contributed by atoms with E-state index >= 15 is 0 Å². The number of rotatable bonds is 13. The Balaban J connectivity index is 5.48. The smallest absolute Gasteiger partial charge is 0.332 e. The van der Waals surface area contributed by atoms with Crippen LogP contribution >= 0.6 is 0 Å². The molecule has 0 fully saturated rings. The standard InChI is InChI=1S/C19H35N3O7/c1-7-9-15(23)21(5)14(11-28-12-16(24)29-8-2)18(26)22(6)13(17(20)25)10-19(3,4)27/h13-14,27H,7-12H2,1-6H3,(H2,20,25)/t13-,14+/m0/s1. The summed E-state index contributed by atoms with van der Waals surface area (Å²) >= 11 is 0. The number of nitrogens with zero attached hydrogens (tertiary/aromatic N) is 2. The highest BCUT2D eigenvalue weighted by Crippen LogP contribution is 2.17. The molecule has 0 aliphatic heterocycles. The molecular weight excluding hydrogens is 382 g/mol. The maximum Gasteiger partial charge on any atom is 0.332 e. The van der Waals surface area contributed by atoms with E-state index in [9.17, 15) is 24.3 Å². The average molecular weight is 418 g/mol. The average Bonchev–Trinajstić information content (AvgIpc) is 2.61. The highest BCUT2D eigenvalue weighted by atomic mass is 16.6. The van der Waals surface area contributed by atoms with E-state index in [2.05, 4.69) is 0 Å². The Hall–Kier alpha value is -2.20. The van der Waals surface area contributed by atoms with Gasteiger partial charge in [-0.1, -0.05) is 6.92 Å². The van der Waals surface area contributed by atoms with Gasteiger partial charge in [0.25, 0.3) is 0 Å². The van der Waals surface area contributed by atoms with Gasteiger partial charge in [-0.15, -0.1) is 0 Å². The second-order valence-corrected chi connectivity index (χ2v) is 7.47. The number of nitrogens with two attached hydrogens (primary N) is 1. The number of amides is 3.